The molecule has 3 aromatic rings. The van der Waals surface area contributed by atoms with E-state index in [-0.39, 0.29) is 18.7 Å². The second-order valence-electron chi connectivity index (χ2n) is 8.27. The first kappa shape index (κ1) is 22.1. The number of nitrogens with one attached hydrogen (secondary N) is 1. The number of aryl methyl sites for hydroxylation is 2. The molecule has 1 atom stereocenters. The maximum absolute atomic E-state index is 12.7. The maximum Gasteiger partial charge on any atom is 0.329 e. The Morgan fingerprint density at radius 2 is 1.81 bits per heavy atom. The molecule has 1 aliphatic rings. The fourth-order valence-electron chi connectivity index (χ4n) is 3.92. The van der Waals surface area contributed by atoms with Crippen LogP contribution in [0.4, 0.5) is 5.95 Å². The summed E-state index contributed by atoms with van der Waals surface area (Å²) in [5, 5.41) is 10.7. The zero-order chi connectivity index (χ0) is 22.8. The van der Waals surface area contributed by atoms with Crippen LogP contribution in [0.1, 0.15) is 12.5 Å². The lowest BCUT2D eigenvalue weighted by atomic mass is 10.2. The molecule has 10 heteroatoms. The molecular formula is C22H30N6O4. The van der Waals surface area contributed by atoms with E-state index in [1.54, 1.807) is 11.6 Å². The van der Waals surface area contributed by atoms with Crippen LogP contribution in [0.15, 0.2) is 33.9 Å². The number of imidazole rings is 1. The van der Waals surface area contributed by atoms with Crippen LogP contribution in [0.3, 0.4) is 0 Å². The molecule has 32 heavy (non-hydrogen) atoms. The molecule has 1 saturated heterocycles. The Labute approximate surface area is 185 Å². The first-order valence-corrected chi connectivity index (χ1v) is 10.9. The SMILES string of the molecule is CCc1ccc(OC[C@H](O)Cn2c(N3CCN(C)CC3)nc3c2c(=O)[nH]c(=O)n3C)cc1. The highest BCUT2D eigenvalue weighted by Gasteiger charge is 2.25. The highest BCUT2D eigenvalue weighted by molar-refractivity contribution is 5.74. The van der Waals surface area contributed by atoms with Gasteiger partial charge in [-0.1, -0.05) is 19.1 Å². The van der Waals surface area contributed by atoms with Crippen molar-refractivity contribution in [3.05, 3.63) is 50.7 Å². The molecule has 4 rings (SSSR count). The fourth-order valence-corrected chi connectivity index (χ4v) is 3.92. The van der Waals surface area contributed by atoms with E-state index >= 15 is 0 Å². The van der Waals surface area contributed by atoms with Crippen LogP contribution in [0.2, 0.25) is 0 Å². The van der Waals surface area contributed by atoms with Crippen molar-refractivity contribution in [1.29, 1.82) is 0 Å². The molecule has 2 N–H and O–H groups in total. The molecule has 0 radical (unpaired) electrons. The summed E-state index contributed by atoms with van der Waals surface area (Å²) in [7, 11) is 3.63. The van der Waals surface area contributed by atoms with Gasteiger partial charge in [-0.25, -0.2) is 4.79 Å². The number of piperazine rings is 1. The molecule has 0 spiro atoms. The van der Waals surface area contributed by atoms with Gasteiger partial charge in [-0.05, 0) is 31.2 Å². The number of benzene rings is 1. The first-order chi connectivity index (χ1) is 15.4. The molecule has 0 saturated carbocycles. The lowest BCUT2D eigenvalue weighted by Crippen LogP contribution is -2.45. The molecule has 172 valence electrons. The second-order valence-corrected chi connectivity index (χ2v) is 8.27. The van der Waals surface area contributed by atoms with Crippen LogP contribution < -0.4 is 20.9 Å². The molecule has 1 aliphatic heterocycles. The van der Waals surface area contributed by atoms with Crippen LogP contribution in [-0.2, 0) is 20.0 Å². The Hall–Kier alpha value is -3.11. The van der Waals surface area contributed by atoms with Crippen molar-refractivity contribution >= 4 is 17.1 Å². The standard InChI is InChI=1S/C22H30N6O4/c1-4-15-5-7-17(8-6-15)32-14-16(29)13-28-18-19(26(3)22(31)24-20(18)30)23-21(28)27-11-9-25(2)10-12-27/h5-8,16,29H,4,9-14H2,1-3H3,(H,24,30,31)/t16-/m1/s1. The van der Waals surface area contributed by atoms with E-state index in [9.17, 15) is 14.7 Å². The van der Waals surface area contributed by atoms with Crippen molar-refractivity contribution < 1.29 is 9.84 Å². The Kier molecular flexibility index (Phi) is 6.33. The monoisotopic (exact) mass is 442 g/mol. The number of aromatic amines is 1. The molecule has 2 aromatic heterocycles. The molecule has 0 unspecified atom stereocenters. The molecule has 1 aromatic carbocycles. The Bertz CT molecular complexity index is 1190. The molecule has 1 fully saturated rings. The number of aliphatic hydroxyl groups excluding tert-OH is 1. The summed E-state index contributed by atoms with van der Waals surface area (Å²) in [5.41, 5.74) is 0.753. The maximum atomic E-state index is 12.7. The van der Waals surface area contributed by atoms with Crippen LogP contribution >= 0.6 is 0 Å². The minimum atomic E-state index is -0.874. The molecule has 3 heterocycles. The van der Waals surface area contributed by atoms with E-state index < -0.39 is 17.4 Å². The summed E-state index contributed by atoms with van der Waals surface area (Å²) in [6, 6.07) is 7.76. The van der Waals surface area contributed by atoms with Gasteiger partial charge in [-0.2, -0.15) is 4.98 Å². The average Bonchev–Trinajstić information content (AvgIpc) is 3.16. The lowest BCUT2D eigenvalue weighted by molar-refractivity contribution is 0.0935. The predicted molar refractivity (Wildman–Crippen MR) is 123 cm³/mol. The number of ether oxygens (including phenoxy) is 1. The minimum Gasteiger partial charge on any atom is -0.491 e. The van der Waals surface area contributed by atoms with Gasteiger partial charge >= 0.3 is 5.69 Å². The summed E-state index contributed by atoms with van der Waals surface area (Å²) >= 11 is 0. The fraction of sp³-hybridized carbons (Fsp3) is 0.500. The van der Waals surface area contributed by atoms with Gasteiger partial charge in [-0.15, -0.1) is 0 Å². The molecule has 0 amide bonds. The number of likely N-dealkylation sites (N-methyl/N-ethyl adjacent to an activating group) is 1. The van der Waals surface area contributed by atoms with E-state index in [1.807, 2.05) is 24.3 Å². The van der Waals surface area contributed by atoms with Crippen LogP contribution in [0.5, 0.6) is 5.75 Å². The number of H-pyrrole nitrogens is 1. The third kappa shape index (κ3) is 4.42. The van der Waals surface area contributed by atoms with E-state index in [4.69, 9.17) is 4.74 Å². The molecule has 0 bridgehead atoms. The minimum absolute atomic E-state index is 0.0665. The summed E-state index contributed by atoms with van der Waals surface area (Å²) in [4.78, 5) is 36.0. The molecular weight excluding hydrogens is 412 g/mol. The number of hydrogen-bond donors (Lipinski definition) is 2. The van der Waals surface area contributed by atoms with E-state index in [0.29, 0.717) is 17.3 Å². The second kappa shape index (κ2) is 9.17. The number of rotatable bonds is 7. The average molecular weight is 443 g/mol. The van der Waals surface area contributed by atoms with Crippen molar-refractivity contribution in [2.75, 3.05) is 44.7 Å². The zero-order valence-electron chi connectivity index (χ0n) is 18.7. The van der Waals surface area contributed by atoms with Gasteiger partial charge in [0.25, 0.3) is 5.56 Å². The van der Waals surface area contributed by atoms with Gasteiger partial charge in [0.15, 0.2) is 11.2 Å². The zero-order valence-corrected chi connectivity index (χ0v) is 18.7. The lowest BCUT2D eigenvalue weighted by Gasteiger charge is -2.33. The van der Waals surface area contributed by atoms with Crippen molar-refractivity contribution in [2.45, 2.75) is 26.0 Å². The first-order valence-electron chi connectivity index (χ1n) is 10.9. The summed E-state index contributed by atoms with van der Waals surface area (Å²) in [5.74, 6) is 1.25. The number of anilines is 1. The van der Waals surface area contributed by atoms with Gasteiger partial charge in [0.1, 0.15) is 18.5 Å². The van der Waals surface area contributed by atoms with E-state index in [1.165, 1.54) is 10.1 Å². The van der Waals surface area contributed by atoms with Crippen molar-refractivity contribution in [3.8, 4) is 5.75 Å². The molecule has 10 nitrogen and oxygen atoms in total. The van der Waals surface area contributed by atoms with E-state index in [0.717, 1.165) is 32.6 Å². The Morgan fingerprint density at radius 3 is 2.47 bits per heavy atom. The van der Waals surface area contributed by atoms with Gasteiger partial charge in [-0.3, -0.25) is 14.3 Å². The van der Waals surface area contributed by atoms with Gasteiger partial charge in [0.05, 0.1) is 6.54 Å². The predicted octanol–water partition coefficient (Wildman–Crippen LogP) is 0.177. The summed E-state index contributed by atoms with van der Waals surface area (Å²) < 4.78 is 8.78. The number of hydrogen-bond acceptors (Lipinski definition) is 7. The van der Waals surface area contributed by atoms with Crippen molar-refractivity contribution in [1.82, 2.24) is 24.0 Å². The Morgan fingerprint density at radius 1 is 1.12 bits per heavy atom. The Balaban J connectivity index is 1.62. The highest BCUT2D eigenvalue weighted by atomic mass is 16.5. The van der Waals surface area contributed by atoms with Crippen LogP contribution in [0, 0.1) is 0 Å². The van der Waals surface area contributed by atoms with Gasteiger partial charge in [0.2, 0.25) is 5.95 Å². The normalized spacial score (nSPS) is 15.9. The third-order valence-corrected chi connectivity index (χ3v) is 5.94. The summed E-state index contributed by atoms with van der Waals surface area (Å²) in [6.07, 6.45) is 0.0732. The highest BCUT2D eigenvalue weighted by Crippen LogP contribution is 2.21. The smallest absolute Gasteiger partial charge is 0.329 e. The summed E-state index contributed by atoms with van der Waals surface area (Å²) in [6.45, 7) is 5.47. The van der Waals surface area contributed by atoms with Crippen molar-refractivity contribution in [2.24, 2.45) is 7.05 Å². The largest absolute Gasteiger partial charge is 0.491 e. The van der Waals surface area contributed by atoms with E-state index in [2.05, 4.69) is 33.7 Å². The number of nitrogens with zero attached hydrogens (tertiary/aromatic N) is 5. The number of fused-ring (bicyclic) bond motifs is 1. The topological polar surface area (TPSA) is 109 Å². The quantitative estimate of drug-likeness (QED) is 0.537. The van der Waals surface area contributed by atoms with Gasteiger partial charge in [0, 0.05) is 33.2 Å². The number of aliphatic hydroxyl groups is 1. The van der Waals surface area contributed by atoms with Crippen LogP contribution in [0.25, 0.3) is 11.2 Å². The number of aromatic nitrogens is 4. The molecule has 0 aliphatic carbocycles. The third-order valence-electron chi connectivity index (χ3n) is 5.94. The van der Waals surface area contributed by atoms with Gasteiger partial charge < -0.3 is 24.2 Å². The van der Waals surface area contributed by atoms with Crippen molar-refractivity contribution in [3.63, 3.8) is 0 Å². The van der Waals surface area contributed by atoms with Crippen LogP contribution in [-0.4, -0.2) is 75.0 Å².